The van der Waals surface area contributed by atoms with Gasteiger partial charge >= 0.3 is 0 Å². The Morgan fingerprint density at radius 1 is 1.03 bits per heavy atom. The standard InChI is InChI=1S/C27H29NO5/c29-15-7-14-28-24(19-10-6-11-20(16-19)32-17-18-8-2-1-3-9-18)23-25(30)21-12-4-5-13-22(21)33-26(23)27(28)31/h1-3,6,8-11,16,21-22,24,29H,4-5,7,12-15,17H2. The number of hydrogen-bond acceptors (Lipinski definition) is 5. The summed E-state index contributed by atoms with van der Waals surface area (Å²) in [5.41, 5.74) is 2.36. The molecule has 2 aromatic carbocycles. The highest BCUT2D eigenvalue weighted by atomic mass is 16.5. The molecule has 1 N–H and O–H groups in total. The molecule has 1 amide bonds. The number of hydrogen-bond donors (Lipinski definition) is 1. The SMILES string of the molecule is O=C1C2=C(OC3CCCCC13)C(=O)N(CCCO)C2c1cccc(OCc2ccccc2)c1. The zero-order chi connectivity index (χ0) is 22.8. The number of Topliss-reactive ketones (excluding diaryl/α,β-unsaturated/α-hetero) is 1. The molecule has 1 saturated carbocycles. The third-order valence-corrected chi connectivity index (χ3v) is 6.84. The molecular formula is C27H29NO5. The monoisotopic (exact) mass is 447 g/mol. The zero-order valence-electron chi connectivity index (χ0n) is 18.6. The van der Waals surface area contributed by atoms with E-state index in [9.17, 15) is 14.7 Å². The van der Waals surface area contributed by atoms with Crippen LogP contribution in [-0.2, 0) is 20.9 Å². The Labute approximate surface area is 193 Å². The fraction of sp³-hybridized carbons (Fsp3) is 0.407. The molecule has 3 atom stereocenters. The highest BCUT2D eigenvalue weighted by Gasteiger charge is 2.51. The largest absolute Gasteiger partial charge is 0.489 e. The molecule has 0 saturated heterocycles. The number of amides is 1. The summed E-state index contributed by atoms with van der Waals surface area (Å²) in [6.45, 7) is 0.761. The van der Waals surface area contributed by atoms with Crippen LogP contribution in [0.2, 0.25) is 0 Å². The lowest BCUT2D eigenvalue weighted by Gasteiger charge is -2.35. The van der Waals surface area contributed by atoms with Crippen LogP contribution in [0.25, 0.3) is 0 Å². The van der Waals surface area contributed by atoms with Crippen LogP contribution in [0.5, 0.6) is 5.75 Å². The van der Waals surface area contributed by atoms with Gasteiger partial charge in [-0.2, -0.15) is 0 Å². The van der Waals surface area contributed by atoms with Crippen molar-refractivity contribution in [3.8, 4) is 5.75 Å². The van der Waals surface area contributed by atoms with Crippen LogP contribution in [0.4, 0.5) is 0 Å². The first-order valence-electron chi connectivity index (χ1n) is 11.8. The predicted octanol–water partition coefficient (Wildman–Crippen LogP) is 3.94. The van der Waals surface area contributed by atoms with Crippen LogP contribution >= 0.6 is 0 Å². The first-order chi connectivity index (χ1) is 16.2. The second-order valence-corrected chi connectivity index (χ2v) is 8.98. The molecule has 0 spiro atoms. The van der Waals surface area contributed by atoms with Gasteiger partial charge < -0.3 is 19.5 Å². The third kappa shape index (κ3) is 4.15. The zero-order valence-corrected chi connectivity index (χ0v) is 18.6. The summed E-state index contributed by atoms with van der Waals surface area (Å²) in [7, 11) is 0. The van der Waals surface area contributed by atoms with E-state index in [4.69, 9.17) is 9.47 Å². The number of carbonyl (C=O) groups excluding carboxylic acids is 2. The first kappa shape index (κ1) is 21.7. The van der Waals surface area contributed by atoms with Gasteiger partial charge in [0.05, 0.1) is 17.5 Å². The lowest BCUT2D eigenvalue weighted by molar-refractivity contribution is -0.135. The van der Waals surface area contributed by atoms with Gasteiger partial charge in [0, 0.05) is 13.2 Å². The molecule has 2 aromatic rings. The van der Waals surface area contributed by atoms with Crippen molar-refractivity contribution in [1.29, 1.82) is 0 Å². The first-order valence-corrected chi connectivity index (χ1v) is 11.8. The van der Waals surface area contributed by atoms with Gasteiger partial charge in [-0.15, -0.1) is 0 Å². The lowest BCUT2D eigenvalue weighted by atomic mass is 9.77. The number of benzene rings is 2. The van der Waals surface area contributed by atoms with Gasteiger partial charge in [-0.25, -0.2) is 0 Å². The van der Waals surface area contributed by atoms with E-state index in [1.807, 2.05) is 54.6 Å². The fourth-order valence-electron chi connectivity index (χ4n) is 5.23. The number of rotatable bonds is 7. The van der Waals surface area contributed by atoms with Gasteiger partial charge in [0.15, 0.2) is 11.5 Å². The number of aliphatic hydroxyl groups excluding tert-OH is 1. The molecule has 2 aliphatic heterocycles. The van der Waals surface area contributed by atoms with E-state index in [1.54, 1.807) is 4.90 Å². The maximum absolute atomic E-state index is 13.6. The number of fused-ring (bicyclic) bond motifs is 1. The van der Waals surface area contributed by atoms with E-state index in [0.717, 1.165) is 36.8 Å². The molecule has 0 radical (unpaired) electrons. The summed E-state index contributed by atoms with van der Waals surface area (Å²) in [6, 6.07) is 17.0. The van der Waals surface area contributed by atoms with Crippen molar-refractivity contribution in [2.45, 2.75) is 50.9 Å². The van der Waals surface area contributed by atoms with Crippen LogP contribution < -0.4 is 4.74 Å². The smallest absolute Gasteiger partial charge is 0.290 e. The number of ketones is 1. The van der Waals surface area contributed by atoms with Crippen molar-refractivity contribution < 1.29 is 24.2 Å². The van der Waals surface area contributed by atoms with Crippen molar-refractivity contribution in [2.75, 3.05) is 13.2 Å². The predicted molar refractivity (Wildman–Crippen MR) is 122 cm³/mol. The minimum Gasteiger partial charge on any atom is -0.489 e. The Kier molecular flexibility index (Phi) is 6.18. The van der Waals surface area contributed by atoms with Gasteiger partial charge in [-0.05, 0) is 48.9 Å². The average molecular weight is 448 g/mol. The van der Waals surface area contributed by atoms with Crippen LogP contribution in [-0.4, -0.2) is 41.0 Å². The van der Waals surface area contributed by atoms with Gasteiger partial charge in [-0.1, -0.05) is 48.9 Å². The molecule has 172 valence electrons. The summed E-state index contributed by atoms with van der Waals surface area (Å²) < 4.78 is 12.2. The van der Waals surface area contributed by atoms with Gasteiger partial charge in [0.2, 0.25) is 0 Å². The molecule has 3 aliphatic rings. The molecule has 6 nitrogen and oxygen atoms in total. The molecule has 0 bridgehead atoms. The van der Waals surface area contributed by atoms with E-state index in [0.29, 0.717) is 30.9 Å². The van der Waals surface area contributed by atoms with Gasteiger partial charge in [0.25, 0.3) is 5.91 Å². The van der Waals surface area contributed by atoms with E-state index < -0.39 is 6.04 Å². The lowest BCUT2D eigenvalue weighted by Crippen LogP contribution is -2.39. The Balaban J connectivity index is 1.47. The van der Waals surface area contributed by atoms with E-state index >= 15 is 0 Å². The summed E-state index contributed by atoms with van der Waals surface area (Å²) in [4.78, 5) is 28.6. The molecule has 3 unspecified atom stereocenters. The minimum atomic E-state index is -0.519. The van der Waals surface area contributed by atoms with Gasteiger partial charge in [0.1, 0.15) is 18.5 Å². The van der Waals surface area contributed by atoms with Crippen molar-refractivity contribution >= 4 is 11.7 Å². The second kappa shape index (κ2) is 9.40. The van der Waals surface area contributed by atoms with Crippen molar-refractivity contribution in [2.24, 2.45) is 5.92 Å². The Hall–Kier alpha value is -3.12. The summed E-state index contributed by atoms with van der Waals surface area (Å²) >= 11 is 0. The van der Waals surface area contributed by atoms with E-state index in [2.05, 4.69) is 0 Å². The van der Waals surface area contributed by atoms with Crippen molar-refractivity contribution in [3.63, 3.8) is 0 Å². The minimum absolute atomic E-state index is 0.0263. The fourth-order valence-corrected chi connectivity index (χ4v) is 5.23. The summed E-state index contributed by atoms with van der Waals surface area (Å²) in [6.07, 6.45) is 3.88. The number of nitrogens with zero attached hydrogens (tertiary/aromatic N) is 1. The summed E-state index contributed by atoms with van der Waals surface area (Å²) in [5, 5.41) is 9.40. The van der Waals surface area contributed by atoms with Crippen LogP contribution in [0.15, 0.2) is 65.9 Å². The molecular weight excluding hydrogens is 418 g/mol. The van der Waals surface area contributed by atoms with Gasteiger partial charge in [-0.3, -0.25) is 9.59 Å². The molecule has 0 aromatic heterocycles. The molecule has 1 fully saturated rings. The highest BCUT2D eigenvalue weighted by Crippen LogP contribution is 2.47. The molecule has 5 rings (SSSR count). The van der Waals surface area contributed by atoms with Crippen molar-refractivity contribution in [1.82, 2.24) is 4.90 Å². The molecule has 2 heterocycles. The topological polar surface area (TPSA) is 76.1 Å². The normalized spacial score (nSPS) is 24.4. The van der Waals surface area contributed by atoms with E-state index in [-0.39, 0.29) is 36.1 Å². The average Bonchev–Trinajstić information content (AvgIpc) is 3.14. The third-order valence-electron chi connectivity index (χ3n) is 6.84. The van der Waals surface area contributed by atoms with Crippen LogP contribution in [0.1, 0.15) is 49.3 Å². The molecule has 6 heteroatoms. The van der Waals surface area contributed by atoms with E-state index in [1.165, 1.54) is 0 Å². The Bertz CT molecular complexity index is 1060. The highest BCUT2D eigenvalue weighted by molar-refractivity contribution is 6.11. The number of ether oxygens (including phenoxy) is 2. The van der Waals surface area contributed by atoms with Crippen LogP contribution in [0.3, 0.4) is 0 Å². The van der Waals surface area contributed by atoms with Crippen LogP contribution in [0, 0.1) is 5.92 Å². The maximum Gasteiger partial charge on any atom is 0.290 e. The number of aliphatic hydroxyl groups is 1. The molecule has 1 aliphatic carbocycles. The Morgan fingerprint density at radius 3 is 2.67 bits per heavy atom. The summed E-state index contributed by atoms with van der Waals surface area (Å²) in [5.74, 6) is 0.502. The maximum atomic E-state index is 13.6. The Morgan fingerprint density at radius 2 is 1.85 bits per heavy atom. The number of carbonyl (C=O) groups is 2. The van der Waals surface area contributed by atoms with Crippen molar-refractivity contribution in [3.05, 3.63) is 77.1 Å². The second-order valence-electron chi connectivity index (χ2n) is 8.98. The quantitative estimate of drug-likeness (QED) is 0.696. The molecule has 33 heavy (non-hydrogen) atoms.